The van der Waals surface area contributed by atoms with Crippen molar-refractivity contribution in [1.82, 2.24) is 20.3 Å². The molecule has 3 aliphatic heterocycles. The van der Waals surface area contributed by atoms with Gasteiger partial charge >= 0.3 is 16.4 Å². The van der Waals surface area contributed by atoms with Crippen LogP contribution in [-0.4, -0.2) is 84.6 Å². The number of carbonyl (C=O) groups excluding carboxylic acids is 2. The molecule has 4 rings (SSSR count). The molecule has 3 unspecified atom stereocenters. The number of carbonyl (C=O) groups is 2. The number of rotatable bonds is 5. The maximum Gasteiger partial charge on any atom is 0.418 e. The summed E-state index contributed by atoms with van der Waals surface area (Å²) in [4.78, 5) is 34.0. The molecule has 1 aliphatic carbocycles. The van der Waals surface area contributed by atoms with E-state index in [0.717, 1.165) is 32.4 Å². The lowest BCUT2D eigenvalue weighted by Gasteiger charge is -2.35. The highest BCUT2D eigenvalue weighted by Gasteiger charge is 2.65. The third-order valence-corrected chi connectivity index (χ3v) is 6.16. The Bertz CT molecular complexity index is 725. The summed E-state index contributed by atoms with van der Waals surface area (Å²) in [5.74, 6) is -0.425. The zero-order chi connectivity index (χ0) is 18.7. The van der Waals surface area contributed by atoms with Gasteiger partial charge in [-0.25, -0.2) is 10.3 Å². The fourth-order valence-electron chi connectivity index (χ4n) is 4.25. The zero-order valence-corrected chi connectivity index (χ0v) is 15.1. The van der Waals surface area contributed by atoms with Crippen LogP contribution in [0.5, 0.6) is 0 Å². The van der Waals surface area contributed by atoms with Gasteiger partial charge in [0.15, 0.2) is 0 Å². The van der Waals surface area contributed by atoms with Crippen molar-refractivity contribution in [3.63, 3.8) is 0 Å². The first kappa shape index (κ1) is 17.9. The SMILES string of the molecule is CN1CCC(ONC(=O)C2CC3(CC3)C3CN2C(=O)N3OS(=O)(=O)O)C1. The van der Waals surface area contributed by atoms with Crippen LogP contribution >= 0.6 is 0 Å². The molecule has 2 N–H and O–H groups in total. The van der Waals surface area contributed by atoms with Gasteiger partial charge < -0.3 is 9.80 Å². The van der Waals surface area contributed by atoms with Crippen LogP contribution in [0.4, 0.5) is 4.79 Å². The number of fused-ring (bicyclic) bond motifs is 3. The molecule has 4 aliphatic rings. The van der Waals surface area contributed by atoms with Crippen LogP contribution in [0.1, 0.15) is 25.7 Å². The van der Waals surface area contributed by atoms with Gasteiger partial charge in [-0.3, -0.25) is 14.2 Å². The van der Waals surface area contributed by atoms with Crippen molar-refractivity contribution >= 4 is 22.3 Å². The van der Waals surface area contributed by atoms with Gasteiger partial charge in [0.25, 0.3) is 5.91 Å². The van der Waals surface area contributed by atoms with E-state index in [2.05, 4.69) is 14.7 Å². The van der Waals surface area contributed by atoms with Crippen LogP contribution in [-0.2, 0) is 24.3 Å². The van der Waals surface area contributed by atoms with Gasteiger partial charge in [0.05, 0.1) is 12.1 Å². The highest BCUT2D eigenvalue weighted by atomic mass is 32.3. The van der Waals surface area contributed by atoms with Crippen molar-refractivity contribution in [2.75, 3.05) is 26.7 Å². The van der Waals surface area contributed by atoms with Crippen molar-refractivity contribution in [3.8, 4) is 0 Å². The molecule has 146 valence electrons. The lowest BCUT2D eigenvalue weighted by molar-refractivity contribution is -0.144. The molecule has 3 amide bonds. The van der Waals surface area contributed by atoms with E-state index in [1.54, 1.807) is 0 Å². The summed E-state index contributed by atoms with van der Waals surface area (Å²) in [5.41, 5.74) is 2.10. The fraction of sp³-hybridized carbons (Fsp3) is 0.857. The molecular weight excluding hydrogens is 368 g/mol. The number of piperidine rings is 1. The van der Waals surface area contributed by atoms with E-state index < -0.39 is 34.4 Å². The lowest BCUT2D eigenvalue weighted by atomic mass is 9.85. The van der Waals surface area contributed by atoms with E-state index in [-0.39, 0.29) is 18.1 Å². The van der Waals surface area contributed by atoms with Crippen LogP contribution in [0.3, 0.4) is 0 Å². The van der Waals surface area contributed by atoms with Crippen LogP contribution in [0.2, 0.25) is 0 Å². The van der Waals surface area contributed by atoms with E-state index >= 15 is 0 Å². The fourth-order valence-corrected chi connectivity index (χ4v) is 4.62. The van der Waals surface area contributed by atoms with Crippen molar-refractivity contribution in [1.29, 1.82) is 0 Å². The molecule has 3 atom stereocenters. The topological polar surface area (TPSA) is 129 Å². The predicted molar refractivity (Wildman–Crippen MR) is 85.6 cm³/mol. The van der Waals surface area contributed by atoms with Gasteiger partial charge in [0, 0.05) is 19.6 Å². The summed E-state index contributed by atoms with van der Waals surface area (Å²) >= 11 is 0. The Morgan fingerprint density at radius 2 is 2.08 bits per heavy atom. The van der Waals surface area contributed by atoms with Gasteiger partial charge in [-0.2, -0.15) is 13.5 Å². The van der Waals surface area contributed by atoms with Crippen LogP contribution in [0.15, 0.2) is 0 Å². The molecule has 4 fully saturated rings. The van der Waals surface area contributed by atoms with Crippen molar-refractivity contribution in [2.45, 2.75) is 43.9 Å². The Morgan fingerprint density at radius 3 is 2.65 bits per heavy atom. The first-order valence-electron chi connectivity index (χ1n) is 8.59. The Kier molecular flexibility index (Phi) is 4.15. The number of hydrogen-bond donors (Lipinski definition) is 2. The average molecular weight is 390 g/mol. The highest BCUT2D eigenvalue weighted by molar-refractivity contribution is 7.80. The minimum Gasteiger partial charge on any atom is -0.309 e. The molecule has 12 heteroatoms. The molecule has 26 heavy (non-hydrogen) atoms. The van der Waals surface area contributed by atoms with Crippen molar-refractivity contribution in [2.24, 2.45) is 5.41 Å². The number of likely N-dealkylation sites (tertiary alicyclic amines) is 1. The normalized spacial score (nSPS) is 33.2. The van der Waals surface area contributed by atoms with Crippen molar-refractivity contribution < 1.29 is 31.7 Å². The maximum absolute atomic E-state index is 12.6. The van der Waals surface area contributed by atoms with E-state index in [1.807, 2.05) is 7.05 Å². The van der Waals surface area contributed by atoms with Gasteiger partial charge in [0.2, 0.25) is 0 Å². The maximum atomic E-state index is 12.6. The lowest BCUT2D eigenvalue weighted by Crippen LogP contribution is -2.53. The first-order valence-corrected chi connectivity index (χ1v) is 9.96. The second-order valence-corrected chi connectivity index (χ2v) is 8.62. The molecule has 3 heterocycles. The summed E-state index contributed by atoms with van der Waals surface area (Å²) in [5, 5.41) is 0.697. The minimum atomic E-state index is -4.82. The highest BCUT2D eigenvalue weighted by Crippen LogP contribution is 2.59. The van der Waals surface area contributed by atoms with Gasteiger partial charge in [-0.1, -0.05) is 0 Å². The number of nitrogens with one attached hydrogen (secondary N) is 1. The molecule has 3 saturated heterocycles. The van der Waals surface area contributed by atoms with Gasteiger partial charge in [-0.15, -0.1) is 4.28 Å². The largest absolute Gasteiger partial charge is 0.418 e. The number of urea groups is 1. The summed E-state index contributed by atoms with van der Waals surface area (Å²) in [6.45, 7) is 1.79. The standard InChI is InChI=1S/C14H22N4O7S/c1-16-5-2-9(7-16)24-15-12(19)10-6-14(3-4-14)11-8-17(10)13(20)18(11)25-26(21,22)23/h9-11H,2-8H2,1H3,(H,15,19)(H,21,22,23). The second-order valence-electron chi connectivity index (χ2n) is 7.62. The molecule has 11 nitrogen and oxygen atoms in total. The Morgan fingerprint density at radius 1 is 1.35 bits per heavy atom. The second kappa shape index (κ2) is 6.02. The zero-order valence-electron chi connectivity index (χ0n) is 14.3. The molecule has 0 aromatic carbocycles. The number of amides is 3. The molecule has 0 aromatic heterocycles. The molecule has 0 radical (unpaired) electrons. The quantitative estimate of drug-likeness (QED) is 0.458. The minimum absolute atomic E-state index is 0.0937. The van der Waals surface area contributed by atoms with Crippen LogP contribution < -0.4 is 5.48 Å². The van der Waals surface area contributed by atoms with E-state index in [9.17, 15) is 18.0 Å². The van der Waals surface area contributed by atoms with Gasteiger partial charge in [0.1, 0.15) is 6.04 Å². The molecule has 1 saturated carbocycles. The summed E-state index contributed by atoms with van der Waals surface area (Å²) in [6, 6.07) is -1.99. The van der Waals surface area contributed by atoms with E-state index in [1.165, 1.54) is 4.90 Å². The van der Waals surface area contributed by atoms with Crippen LogP contribution in [0.25, 0.3) is 0 Å². The first-order chi connectivity index (χ1) is 12.2. The summed E-state index contributed by atoms with van der Waals surface area (Å²) < 4.78 is 35.5. The molecular formula is C14H22N4O7S. The number of nitrogens with zero attached hydrogens (tertiary/aromatic N) is 3. The predicted octanol–water partition coefficient (Wildman–Crippen LogP) is -0.869. The Labute approximate surface area is 151 Å². The molecule has 2 bridgehead atoms. The number of hydroxylamine groups is 3. The Hall–Kier alpha value is -1.47. The van der Waals surface area contributed by atoms with Crippen LogP contribution in [0, 0.1) is 5.41 Å². The Balaban J connectivity index is 1.45. The summed E-state index contributed by atoms with van der Waals surface area (Å²) in [7, 11) is -2.85. The third kappa shape index (κ3) is 3.16. The smallest absolute Gasteiger partial charge is 0.309 e. The molecule has 0 aromatic rings. The number of likely N-dealkylation sites (N-methyl/N-ethyl adjacent to an activating group) is 1. The van der Waals surface area contributed by atoms with Gasteiger partial charge in [-0.05, 0) is 38.1 Å². The molecule has 1 spiro atoms. The average Bonchev–Trinajstić information content (AvgIpc) is 3.11. The number of hydrogen-bond acceptors (Lipinski definition) is 7. The van der Waals surface area contributed by atoms with Crippen molar-refractivity contribution in [3.05, 3.63) is 0 Å². The monoisotopic (exact) mass is 390 g/mol. The third-order valence-electron chi connectivity index (χ3n) is 5.81. The van der Waals surface area contributed by atoms with E-state index in [4.69, 9.17) is 9.39 Å². The summed E-state index contributed by atoms with van der Waals surface area (Å²) in [6.07, 6.45) is 2.66. The van der Waals surface area contributed by atoms with E-state index in [0.29, 0.717) is 11.5 Å².